The van der Waals surface area contributed by atoms with Gasteiger partial charge in [-0.05, 0) is 35.7 Å². The van der Waals surface area contributed by atoms with Crippen molar-refractivity contribution in [1.82, 2.24) is 9.97 Å². The predicted octanol–water partition coefficient (Wildman–Crippen LogP) is 3.86. The van der Waals surface area contributed by atoms with Crippen molar-refractivity contribution in [2.45, 2.75) is 0 Å². The first kappa shape index (κ1) is 10.2. The second kappa shape index (κ2) is 4.47. The van der Waals surface area contributed by atoms with Crippen molar-refractivity contribution in [3.05, 3.63) is 58.5 Å². The molecule has 0 aliphatic rings. The maximum atomic E-state index is 4.53. The fraction of sp³-hybridized carbons (Fsp3) is 0. The van der Waals surface area contributed by atoms with E-state index in [0.29, 0.717) is 0 Å². The molecule has 0 amide bonds. The number of thiophene rings is 1. The third-order valence-corrected chi connectivity index (χ3v) is 3.27. The summed E-state index contributed by atoms with van der Waals surface area (Å²) in [5.41, 5.74) is 2.75. The second-order valence-corrected chi connectivity index (χ2v) is 4.61. The molecule has 3 heteroatoms. The molecule has 0 aliphatic heterocycles. The lowest BCUT2D eigenvalue weighted by molar-refractivity contribution is 1.27. The fourth-order valence-corrected chi connectivity index (χ4v) is 2.22. The van der Waals surface area contributed by atoms with Gasteiger partial charge < -0.3 is 0 Å². The molecule has 0 fully saturated rings. The number of nitrogens with zero attached hydrogens (tertiary/aromatic N) is 2. The maximum absolute atomic E-state index is 4.53. The van der Waals surface area contributed by atoms with Crippen LogP contribution in [0.15, 0.2) is 48.0 Å². The Morgan fingerprint density at radius 2 is 1.82 bits per heavy atom. The molecule has 3 aromatic rings. The first-order valence-corrected chi connectivity index (χ1v) is 6.23. The second-order valence-electron chi connectivity index (χ2n) is 3.63. The van der Waals surface area contributed by atoms with Crippen LogP contribution in [0.4, 0.5) is 0 Å². The van der Waals surface area contributed by atoms with Crippen LogP contribution in [0.25, 0.3) is 23.2 Å². The van der Waals surface area contributed by atoms with Gasteiger partial charge in [-0.1, -0.05) is 18.2 Å². The molecule has 0 aliphatic carbocycles. The van der Waals surface area contributed by atoms with Crippen molar-refractivity contribution in [3.8, 4) is 0 Å². The van der Waals surface area contributed by atoms with Gasteiger partial charge in [0.15, 0.2) is 0 Å². The van der Waals surface area contributed by atoms with Crippen molar-refractivity contribution in [1.29, 1.82) is 0 Å². The van der Waals surface area contributed by atoms with Crippen LogP contribution < -0.4 is 0 Å². The molecule has 0 unspecified atom stereocenters. The zero-order valence-electron chi connectivity index (χ0n) is 9.08. The summed E-state index contributed by atoms with van der Waals surface area (Å²) in [6.07, 6.45) is 5.85. The summed E-state index contributed by atoms with van der Waals surface area (Å²) >= 11 is 1.71. The van der Waals surface area contributed by atoms with E-state index in [9.17, 15) is 0 Å². The molecule has 0 atom stereocenters. The molecule has 1 aromatic carbocycles. The topological polar surface area (TPSA) is 25.8 Å². The number of para-hydroxylation sites is 2. The summed E-state index contributed by atoms with van der Waals surface area (Å²) in [6.45, 7) is 0. The van der Waals surface area contributed by atoms with E-state index in [0.717, 1.165) is 16.7 Å². The molecule has 17 heavy (non-hydrogen) atoms. The summed E-state index contributed by atoms with van der Waals surface area (Å²) in [4.78, 5) is 10.1. The molecule has 0 bridgehead atoms. The van der Waals surface area contributed by atoms with Crippen molar-refractivity contribution in [2.75, 3.05) is 0 Å². The number of fused-ring (bicyclic) bond motifs is 1. The van der Waals surface area contributed by atoms with Crippen molar-refractivity contribution >= 4 is 34.5 Å². The van der Waals surface area contributed by atoms with Gasteiger partial charge in [0.2, 0.25) is 0 Å². The molecule has 3 rings (SSSR count). The summed E-state index contributed by atoms with van der Waals surface area (Å²) in [6, 6.07) is 12.0. The van der Waals surface area contributed by atoms with Crippen molar-refractivity contribution < 1.29 is 0 Å². The van der Waals surface area contributed by atoms with Gasteiger partial charge in [0, 0.05) is 4.88 Å². The molecule has 0 radical (unpaired) electrons. The maximum Gasteiger partial charge on any atom is 0.0894 e. The van der Waals surface area contributed by atoms with Crippen LogP contribution in [-0.4, -0.2) is 9.97 Å². The van der Waals surface area contributed by atoms with Crippen molar-refractivity contribution in [3.63, 3.8) is 0 Å². The minimum absolute atomic E-state index is 0.886. The number of benzene rings is 1. The summed E-state index contributed by atoms with van der Waals surface area (Å²) in [7, 11) is 0. The van der Waals surface area contributed by atoms with E-state index in [1.807, 2.05) is 36.4 Å². The van der Waals surface area contributed by atoms with E-state index in [-0.39, 0.29) is 0 Å². The number of aromatic nitrogens is 2. The van der Waals surface area contributed by atoms with Crippen LogP contribution >= 0.6 is 11.3 Å². The highest BCUT2D eigenvalue weighted by Crippen LogP contribution is 2.14. The largest absolute Gasteiger partial charge is 0.252 e. The Morgan fingerprint density at radius 1 is 0.941 bits per heavy atom. The van der Waals surface area contributed by atoms with Crippen LogP contribution in [-0.2, 0) is 0 Å². The Hall–Kier alpha value is -2.00. The fourth-order valence-electron chi connectivity index (χ4n) is 1.61. The molecular formula is C14H10N2S. The first-order chi connectivity index (χ1) is 8.42. The molecule has 2 heterocycles. The van der Waals surface area contributed by atoms with Gasteiger partial charge in [0.25, 0.3) is 0 Å². The lowest BCUT2D eigenvalue weighted by Gasteiger charge is -1.96. The van der Waals surface area contributed by atoms with Gasteiger partial charge in [-0.25, -0.2) is 4.98 Å². The van der Waals surface area contributed by atoms with E-state index in [4.69, 9.17) is 0 Å². The zero-order valence-corrected chi connectivity index (χ0v) is 9.89. The highest BCUT2D eigenvalue weighted by atomic mass is 32.1. The number of rotatable bonds is 2. The van der Waals surface area contributed by atoms with E-state index in [1.165, 1.54) is 4.88 Å². The van der Waals surface area contributed by atoms with Gasteiger partial charge >= 0.3 is 0 Å². The summed E-state index contributed by atoms with van der Waals surface area (Å²) in [5, 5.41) is 2.06. The van der Waals surface area contributed by atoms with Crippen LogP contribution in [0.5, 0.6) is 0 Å². The number of hydrogen-bond donors (Lipinski definition) is 0. The van der Waals surface area contributed by atoms with E-state index >= 15 is 0 Å². The van der Waals surface area contributed by atoms with Gasteiger partial charge in [0.1, 0.15) is 0 Å². The molecule has 2 aromatic heterocycles. The molecule has 0 spiro atoms. The average molecular weight is 238 g/mol. The normalized spacial score (nSPS) is 11.3. The van der Waals surface area contributed by atoms with Crippen LogP contribution in [0.2, 0.25) is 0 Å². The summed E-state index contributed by atoms with van der Waals surface area (Å²) in [5.74, 6) is 0. The highest BCUT2D eigenvalue weighted by Gasteiger charge is 1.95. The molecule has 2 nitrogen and oxygen atoms in total. The Balaban J connectivity index is 1.96. The van der Waals surface area contributed by atoms with Crippen LogP contribution in [0, 0.1) is 0 Å². The van der Waals surface area contributed by atoms with Gasteiger partial charge in [0.05, 0.1) is 22.9 Å². The SMILES string of the molecule is C(=Cc1cccs1)c1cnc2ccccc2n1. The highest BCUT2D eigenvalue weighted by molar-refractivity contribution is 7.10. The molecule has 82 valence electrons. The first-order valence-electron chi connectivity index (χ1n) is 5.35. The molecule has 0 saturated heterocycles. The van der Waals surface area contributed by atoms with Gasteiger partial charge in [-0.15, -0.1) is 11.3 Å². The average Bonchev–Trinajstić information content (AvgIpc) is 2.89. The Morgan fingerprint density at radius 3 is 2.65 bits per heavy atom. The van der Waals surface area contributed by atoms with Gasteiger partial charge in [-0.3, -0.25) is 4.98 Å². The van der Waals surface area contributed by atoms with Crippen LogP contribution in [0.3, 0.4) is 0 Å². The lowest BCUT2D eigenvalue weighted by atomic mass is 10.3. The minimum atomic E-state index is 0.886. The standard InChI is InChI=1S/C14H10N2S/c1-2-6-14-13(5-1)15-10-11(16-14)7-8-12-4-3-9-17-12/h1-10H. The van der Waals surface area contributed by atoms with Gasteiger partial charge in [-0.2, -0.15) is 0 Å². The quantitative estimate of drug-likeness (QED) is 0.677. The Kier molecular flexibility index (Phi) is 2.68. The van der Waals surface area contributed by atoms with Crippen molar-refractivity contribution in [2.24, 2.45) is 0 Å². The Bertz CT molecular complexity index is 657. The molecule has 0 N–H and O–H groups in total. The molecular weight excluding hydrogens is 228 g/mol. The third kappa shape index (κ3) is 2.24. The minimum Gasteiger partial charge on any atom is -0.252 e. The zero-order chi connectivity index (χ0) is 11.5. The van der Waals surface area contributed by atoms with E-state index in [2.05, 4.69) is 27.5 Å². The van der Waals surface area contributed by atoms with E-state index in [1.54, 1.807) is 17.5 Å². The van der Waals surface area contributed by atoms with Crippen LogP contribution in [0.1, 0.15) is 10.6 Å². The van der Waals surface area contributed by atoms with E-state index < -0.39 is 0 Å². The Labute approximate surface area is 103 Å². The lowest BCUT2D eigenvalue weighted by Crippen LogP contribution is -1.86. The number of hydrogen-bond acceptors (Lipinski definition) is 3. The molecule has 0 saturated carbocycles. The summed E-state index contributed by atoms with van der Waals surface area (Å²) < 4.78 is 0. The smallest absolute Gasteiger partial charge is 0.0894 e. The monoisotopic (exact) mass is 238 g/mol. The third-order valence-electron chi connectivity index (χ3n) is 2.43. The predicted molar refractivity (Wildman–Crippen MR) is 72.8 cm³/mol.